The van der Waals surface area contributed by atoms with E-state index in [2.05, 4.69) is 12.2 Å². The minimum Gasteiger partial charge on any atom is -0.316 e. The molecule has 0 saturated heterocycles. The van der Waals surface area contributed by atoms with Gasteiger partial charge in [0.2, 0.25) is 0 Å². The second kappa shape index (κ2) is 5.79. The zero-order valence-corrected chi connectivity index (χ0v) is 10.9. The Morgan fingerprint density at radius 2 is 2.06 bits per heavy atom. The van der Waals surface area contributed by atoms with Gasteiger partial charge < -0.3 is 5.32 Å². The summed E-state index contributed by atoms with van der Waals surface area (Å²) in [7, 11) is 0. The molecule has 0 bridgehead atoms. The Labute approximate surface area is 108 Å². The van der Waals surface area contributed by atoms with Gasteiger partial charge in [0.05, 0.1) is 0 Å². The molecule has 100 valence electrons. The summed E-state index contributed by atoms with van der Waals surface area (Å²) in [4.78, 5) is 0. The summed E-state index contributed by atoms with van der Waals surface area (Å²) in [6.45, 7) is 4.09. The van der Waals surface area contributed by atoms with E-state index in [9.17, 15) is 8.78 Å². The predicted molar refractivity (Wildman–Crippen MR) is 69.5 cm³/mol. The smallest absolute Gasteiger partial charge is 0.129 e. The van der Waals surface area contributed by atoms with Gasteiger partial charge in [-0.2, -0.15) is 0 Å². The molecule has 0 unspecified atom stereocenters. The number of hydrogen-bond acceptors (Lipinski definition) is 1. The van der Waals surface area contributed by atoms with Crippen molar-refractivity contribution in [2.45, 2.75) is 39.0 Å². The first-order chi connectivity index (χ1) is 8.65. The van der Waals surface area contributed by atoms with Crippen molar-refractivity contribution in [3.63, 3.8) is 0 Å². The van der Waals surface area contributed by atoms with Crippen LogP contribution in [-0.2, 0) is 6.42 Å². The van der Waals surface area contributed by atoms with Gasteiger partial charge in [-0.15, -0.1) is 0 Å². The van der Waals surface area contributed by atoms with Gasteiger partial charge in [0, 0.05) is 12.6 Å². The number of benzene rings is 1. The van der Waals surface area contributed by atoms with E-state index in [1.54, 1.807) is 6.07 Å². The first-order valence-electron chi connectivity index (χ1n) is 6.80. The van der Waals surface area contributed by atoms with Gasteiger partial charge in [0.15, 0.2) is 0 Å². The average molecular weight is 253 g/mol. The monoisotopic (exact) mass is 253 g/mol. The molecule has 18 heavy (non-hydrogen) atoms. The summed E-state index contributed by atoms with van der Waals surface area (Å²) in [6.07, 6.45) is 5.33. The fourth-order valence-electron chi connectivity index (χ4n) is 2.69. The molecule has 0 amide bonds. The zero-order chi connectivity index (χ0) is 13.0. The van der Waals surface area contributed by atoms with E-state index in [1.807, 2.05) is 0 Å². The highest BCUT2D eigenvalue weighted by Crippen LogP contribution is 2.43. The highest BCUT2D eigenvalue weighted by Gasteiger charge is 2.37. The molecule has 1 nitrogen and oxygen atoms in total. The van der Waals surface area contributed by atoms with Crippen LogP contribution in [0.25, 0.3) is 0 Å². The fraction of sp³-hybridized carbons (Fsp3) is 0.600. The molecule has 1 aliphatic carbocycles. The fourth-order valence-corrected chi connectivity index (χ4v) is 2.69. The summed E-state index contributed by atoms with van der Waals surface area (Å²) in [5, 5.41) is 3.43. The molecule has 2 rings (SSSR count). The predicted octanol–water partition coefficient (Wildman–Crippen LogP) is 3.68. The molecule has 1 aromatic rings. The quantitative estimate of drug-likeness (QED) is 0.763. The van der Waals surface area contributed by atoms with Crippen LogP contribution in [0.4, 0.5) is 8.78 Å². The minimum atomic E-state index is -0.497. The van der Waals surface area contributed by atoms with Gasteiger partial charge in [-0.1, -0.05) is 19.4 Å². The lowest BCUT2D eigenvalue weighted by Crippen LogP contribution is -2.42. The molecule has 1 fully saturated rings. The van der Waals surface area contributed by atoms with Crippen LogP contribution in [0.1, 0.15) is 38.2 Å². The van der Waals surface area contributed by atoms with Gasteiger partial charge in [0.1, 0.15) is 11.6 Å². The maximum Gasteiger partial charge on any atom is 0.129 e. The number of rotatable bonds is 6. The summed E-state index contributed by atoms with van der Waals surface area (Å²) >= 11 is 0. The number of halogens is 2. The zero-order valence-electron chi connectivity index (χ0n) is 10.9. The lowest BCUT2D eigenvalue weighted by atomic mass is 9.65. The van der Waals surface area contributed by atoms with E-state index in [1.165, 1.54) is 12.5 Å². The van der Waals surface area contributed by atoms with Crippen molar-refractivity contribution in [1.29, 1.82) is 0 Å². The maximum absolute atomic E-state index is 13.7. The van der Waals surface area contributed by atoms with Crippen LogP contribution in [-0.4, -0.2) is 13.1 Å². The van der Waals surface area contributed by atoms with Crippen molar-refractivity contribution in [2.24, 2.45) is 5.41 Å². The lowest BCUT2D eigenvalue weighted by Gasteiger charge is -2.42. The van der Waals surface area contributed by atoms with E-state index >= 15 is 0 Å². The van der Waals surface area contributed by atoms with Crippen molar-refractivity contribution in [2.75, 3.05) is 13.1 Å². The van der Waals surface area contributed by atoms with Crippen molar-refractivity contribution in [3.8, 4) is 0 Å². The van der Waals surface area contributed by atoms with Crippen LogP contribution in [0.5, 0.6) is 0 Å². The number of nitrogens with one attached hydrogen (secondary N) is 1. The van der Waals surface area contributed by atoms with Gasteiger partial charge in [-0.3, -0.25) is 0 Å². The molecular formula is C15H21F2N. The molecule has 0 aliphatic heterocycles. The van der Waals surface area contributed by atoms with Crippen LogP contribution in [0, 0.1) is 17.0 Å². The molecule has 3 heteroatoms. The highest BCUT2D eigenvalue weighted by molar-refractivity contribution is 5.21. The molecule has 0 atom stereocenters. The van der Waals surface area contributed by atoms with Gasteiger partial charge in [-0.05, 0) is 49.3 Å². The van der Waals surface area contributed by atoms with Gasteiger partial charge in [-0.25, -0.2) is 8.78 Å². The Morgan fingerprint density at radius 1 is 1.28 bits per heavy atom. The SMILES string of the molecule is CCCNCC1(Cc2ccc(F)cc2F)CCC1. The number of hydrogen-bond donors (Lipinski definition) is 1. The molecule has 1 aliphatic rings. The first kappa shape index (κ1) is 13.5. The standard InChI is InChI=1S/C15H21F2N/c1-2-8-18-11-15(6-3-7-15)10-12-4-5-13(16)9-14(12)17/h4-5,9,18H,2-3,6-8,10-11H2,1H3. The molecular weight excluding hydrogens is 232 g/mol. The summed E-state index contributed by atoms with van der Waals surface area (Å²) in [5.74, 6) is -0.903. The Balaban J connectivity index is 2.01. The van der Waals surface area contributed by atoms with Crippen LogP contribution in [0.15, 0.2) is 18.2 Å². The van der Waals surface area contributed by atoms with Crippen LogP contribution < -0.4 is 5.32 Å². The molecule has 0 radical (unpaired) electrons. The molecule has 0 heterocycles. The van der Waals surface area contributed by atoms with Crippen molar-refractivity contribution < 1.29 is 8.78 Å². The summed E-state index contributed by atoms with van der Waals surface area (Å²) in [5.41, 5.74) is 0.836. The van der Waals surface area contributed by atoms with Crippen LogP contribution >= 0.6 is 0 Å². The van der Waals surface area contributed by atoms with Crippen LogP contribution in [0.3, 0.4) is 0 Å². The Hall–Kier alpha value is -0.960. The van der Waals surface area contributed by atoms with Crippen LogP contribution in [0.2, 0.25) is 0 Å². The molecule has 0 aromatic heterocycles. The Morgan fingerprint density at radius 3 is 2.61 bits per heavy atom. The third-order valence-electron chi connectivity index (χ3n) is 3.92. The van der Waals surface area contributed by atoms with E-state index in [0.29, 0.717) is 5.56 Å². The van der Waals surface area contributed by atoms with Crippen molar-refractivity contribution in [1.82, 2.24) is 5.32 Å². The van der Waals surface area contributed by atoms with E-state index in [4.69, 9.17) is 0 Å². The van der Waals surface area contributed by atoms with E-state index < -0.39 is 11.6 Å². The summed E-state index contributed by atoms with van der Waals surface area (Å²) < 4.78 is 26.5. The highest BCUT2D eigenvalue weighted by atomic mass is 19.1. The van der Waals surface area contributed by atoms with Crippen molar-refractivity contribution in [3.05, 3.63) is 35.4 Å². The molecule has 0 spiro atoms. The third kappa shape index (κ3) is 3.08. The second-order valence-electron chi connectivity index (χ2n) is 5.44. The van der Waals surface area contributed by atoms with E-state index in [0.717, 1.165) is 44.8 Å². The minimum absolute atomic E-state index is 0.188. The Bertz CT molecular complexity index is 399. The first-order valence-corrected chi connectivity index (χ1v) is 6.80. The molecule has 1 aromatic carbocycles. The lowest BCUT2D eigenvalue weighted by molar-refractivity contribution is 0.129. The van der Waals surface area contributed by atoms with Crippen molar-refractivity contribution >= 4 is 0 Å². The third-order valence-corrected chi connectivity index (χ3v) is 3.92. The largest absolute Gasteiger partial charge is 0.316 e. The second-order valence-corrected chi connectivity index (χ2v) is 5.44. The normalized spacial score (nSPS) is 17.5. The summed E-state index contributed by atoms with van der Waals surface area (Å²) in [6, 6.07) is 3.93. The van der Waals surface area contributed by atoms with Gasteiger partial charge >= 0.3 is 0 Å². The Kier molecular flexibility index (Phi) is 4.33. The topological polar surface area (TPSA) is 12.0 Å². The van der Waals surface area contributed by atoms with Gasteiger partial charge in [0.25, 0.3) is 0 Å². The molecule has 1 saturated carbocycles. The maximum atomic E-state index is 13.7. The van der Waals surface area contributed by atoms with E-state index in [-0.39, 0.29) is 5.41 Å². The molecule has 1 N–H and O–H groups in total. The average Bonchev–Trinajstić information content (AvgIpc) is 2.29.